The van der Waals surface area contributed by atoms with E-state index in [1.807, 2.05) is 0 Å². The van der Waals surface area contributed by atoms with Crippen LogP contribution in [-0.4, -0.2) is 0 Å². The Morgan fingerprint density at radius 1 is 0.583 bits per heavy atom. The minimum atomic E-state index is 1.00. The normalized spacial score (nSPS) is 10.5. The summed E-state index contributed by atoms with van der Waals surface area (Å²) in [4.78, 5) is 0. The Bertz CT molecular complexity index is 230. The van der Waals surface area contributed by atoms with E-state index in [0.29, 0.717) is 0 Å². The van der Waals surface area contributed by atoms with Crippen LogP contribution in [0.1, 0.15) is 0 Å². The fourth-order valence-electron chi connectivity index (χ4n) is 0.578. The van der Waals surface area contributed by atoms with Gasteiger partial charge in [-0.25, -0.2) is 0 Å². The van der Waals surface area contributed by atoms with Crippen molar-refractivity contribution in [2.75, 3.05) is 0 Å². The van der Waals surface area contributed by atoms with Crippen LogP contribution in [0.5, 0.6) is 0 Å². The monoisotopic (exact) mass is 593 g/mol. The third-order valence-corrected chi connectivity index (χ3v) is 9.81. The van der Waals surface area contributed by atoms with Gasteiger partial charge in [-0.3, -0.25) is 0 Å². The average molecular weight is 598 g/mol. The summed E-state index contributed by atoms with van der Waals surface area (Å²) in [6.45, 7) is 0. The Kier molecular flexibility index (Phi) is 5.09. The molecule has 1 rings (SSSR count). The molecule has 0 saturated heterocycles. The zero-order chi connectivity index (χ0) is 9.46. The SMILES string of the molecule is Brc1c(Br)c(Br)c(I)c(Br)c1Br. The summed E-state index contributed by atoms with van der Waals surface area (Å²) in [6.07, 6.45) is 0. The van der Waals surface area contributed by atoms with Gasteiger partial charge in [0.15, 0.2) is 0 Å². The number of hydrogen-bond donors (Lipinski definition) is 0. The quantitative estimate of drug-likeness (QED) is 0.192. The van der Waals surface area contributed by atoms with E-state index in [2.05, 4.69) is 102 Å². The van der Waals surface area contributed by atoms with Crippen LogP contribution in [0.15, 0.2) is 22.4 Å². The summed E-state index contributed by atoms with van der Waals surface area (Å²) in [5, 5.41) is 0. The lowest BCUT2D eigenvalue weighted by atomic mass is 10.4. The summed E-state index contributed by atoms with van der Waals surface area (Å²) >= 11 is 19.6. The van der Waals surface area contributed by atoms with E-state index >= 15 is 0 Å². The number of halogens is 6. The molecular formula is C6Br5I. The van der Waals surface area contributed by atoms with Gasteiger partial charge in [0.25, 0.3) is 0 Å². The zero-order valence-corrected chi connectivity index (χ0v) is 15.4. The Hall–Kier alpha value is 2.35. The van der Waals surface area contributed by atoms with Crippen molar-refractivity contribution in [2.24, 2.45) is 0 Å². The Morgan fingerprint density at radius 3 is 1.17 bits per heavy atom. The minimum absolute atomic E-state index is 1.00. The van der Waals surface area contributed by atoms with Crippen molar-refractivity contribution in [1.29, 1.82) is 0 Å². The molecule has 0 nitrogen and oxygen atoms in total. The molecule has 0 fully saturated rings. The summed E-state index contributed by atoms with van der Waals surface area (Å²) < 4.78 is 6.26. The van der Waals surface area contributed by atoms with Gasteiger partial charge in [0.2, 0.25) is 0 Å². The molecule has 0 aliphatic rings. The van der Waals surface area contributed by atoms with Crippen LogP contribution in [0.3, 0.4) is 0 Å². The number of benzene rings is 1. The van der Waals surface area contributed by atoms with Gasteiger partial charge < -0.3 is 0 Å². The molecule has 6 heteroatoms. The van der Waals surface area contributed by atoms with Crippen molar-refractivity contribution >= 4 is 102 Å². The Morgan fingerprint density at radius 2 is 0.833 bits per heavy atom. The maximum atomic E-state index is 3.48. The first-order chi connectivity index (χ1) is 5.46. The second-order valence-corrected chi connectivity index (χ2v) is 6.93. The lowest BCUT2D eigenvalue weighted by Gasteiger charge is -2.08. The standard InChI is InChI=1S/C6Br5I/c7-1-2(8)4(10)6(12)5(11)3(1)9. The van der Waals surface area contributed by atoms with E-state index in [9.17, 15) is 0 Å². The highest BCUT2D eigenvalue weighted by Crippen LogP contribution is 2.44. The highest BCUT2D eigenvalue weighted by molar-refractivity contribution is 14.1. The summed E-state index contributed by atoms with van der Waals surface area (Å²) in [6, 6.07) is 0. The molecule has 0 aromatic heterocycles. The highest BCUT2D eigenvalue weighted by atomic mass is 127. The highest BCUT2D eigenvalue weighted by Gasteiger charge is 2.15. The molecule has 0 heterocycles. The van der Waals surface area contributed by atoms with Gasteiger partial charge in [-0.15, -0.1) is 0 Å². The third kappa shape index (κ3) is 2.29. The summed E-state index contributed by atoms with van der Waals surface area (Å²) in [7, 11) is 0. The molecule has 0 N–H and O–H groups in total. The summed E-state index contributed by atoms with van der Waals surface area (Å²) in [5.74, 6) is 0. The van der Waals surface area contributed by atoms with Crippen molar-refractivity contribution in [3.05, 3.63) is 25.9 Å². The molecule has 66 valence electrons. The maximum Gasteiger partial charge on any atom is 0.0483 e. The molecule has 0 bridgehead atoms. The van der Waals surface area contributed by atoms with E-state index in [1.165, 1.54) is 0 Å². The van der Waals surface area contributed by atoms with Crippen molar-refractivity contribution in [3.63, 3.8) is 0 Å². The fourth-order valence-corrected chi connectivity index (χ4v) is 4.91. The predicted octanol–water partition coefficient (Wildman–Crippen LogP) is 6.10. The third-order valence-electron chi connectivity index (χ3n) is 1.16. The van der Waals surface area contributed by atoms with Crippen LogP contribution in [0.25, 0.3) is 0 Å². The molecule has 12 heavy (non-hydrogen) atoms. The summed E-state index contributed by atoms with van der Waals surface area (Å²) in [5.41, 5.74) is 0. The van der Waals surface area contributed by atoms with E-state index < -0.39 is 0 Å². The second-order valence-electron chi connectivity index (χ2n) is 1.88. The van der Waals surface area contributed by atoms with E-state index in [1.54, 1.807) is 0 Å². The van der Waals surface area contributed by atoms with Gasteiger partial charge in [0.1, 0.15) is 0 Å². The molecule has 0 aliphatic heterocycles. The lowest BCUT2D eigenvalue weighted by molar-refractivity contribution is 1.41. The van der Waals surface area contributed by atoms with Gasteiger partial charge >= 0.3 is 0 Å². The van der Waals surface area contributed by atoms with Crippen LogP contribution in [-0.2, 0) is 0 Å². The molecular weight excluding hydrogens is 598 g/mol. The van der Waals surface area contributed by atoms with Crippen molar-refractivity contribution in [3.8, 4) is 0 Å². The lowest BCUT2D eigenvalue weighted by Crippen LogP contribution is -1.84. The Labute approximate surface area is 126 Å². The van der Waals surface area contributed by atoms with E-state index in [0.717, 1.165) is 25.9 Å². The zero-order valence-electron chi connectivity index (χ0n) is 5.27. The molecule has 0 unspecified atom stereocenters. The largest absolute Gasteiger partial charge is 0.0484 e. The van der Waals surface area contributed by atoms with Crippen molar-refractivity contribution in [2.45, 2.75) is 0 Å². The topological polar surface area (TPSA) is 0 Å². The van der Waals surface area contributed by atoms with Gasteiger partial charge in [0, 0.05) is 25.9 Å². The van der Waals surface area contributed by atoms with Crippen LogP contribution in [0.2, 0.25) is 0 Å². The van der Waals surface area contributed by atoms with E-state index in [4.69, 9.17) is 0 Å². The van der Waals surface area contributed by atoms with Crippen molar-refractivity contribution in [1.82, 2.24) is 0 Å². The molecule has 0 radical (unpaired) electrons. The van der Waals surface area contributed by atoms with Crippen LogP contribution in [0, 0.1) is 3.57 Å². The van der Waals surface area contributed by atoms with Gasteiger partial charge in [-0.05, 0) is 102 Å². The van der Waals surface area contributed by atoms with Crippen molar-refractivity contribution < 1.29 is 0 Å². The number of hydrogen-bond acceptors (Lipinski definition) is 0. The minimum Gasteiger partial charge on any atom is -0.0484 e. The van der Waals surface area contributed by atoms with Gasteiger partial charge in [0.05, 0.1) is 0 Å². The average Bonchev–Trinajstić information content (AvgIpc) is 2.08. The predicted molar refractivity (Wildman–Crippen MR) is 77.7 cm³/mol. The van der Waals surface area contributed by atoms with Crippen LogP contribution in [0.4, 0.5) is 0 Å². The van der Waals surface area contributed by atoms with E-state index in [-0.39, 0.29) is 0 Å². The van der Waals surface area contributed by atoms with Gasteiger partial charge in [-0.1, -0.05) is 0 Å². The first-order valence-electron chi connectivity index (χ1n) is 2.63. The smallest absolute Gasteiger partial charge is 0.0483 e. The molecule has 1 aromatic rings. The van der Waals surface area contributed by atoms with Gasteiger partial charge in [-0.2, -0.15) is 0 Å². The molecule has 0 saturated carbocycles. The van der Waals surface area contributed by atoms with Crippen LogP contribution < -0.4 is 0 Å². The first kappa shape index (κ1) is 12.4. The second kappa shape index (κ2) is 4.92. The first-order valence-corrected chi connectivity index (χ1v) is 7.68. The molecule has 0 atom stereocenters. The molecule has 0 aliphatic carbocycles. The molecule has 0 spiro atoms. The molecule has 1 aromatic carbocycles. The molecule has 0 amide bonds. The fraction of sp³-hybridized carbons (Fsp3) is 0. The maximum absolute atomic E-state index is 3.48. The number of rotatable bonds is 0. The Balaban J connectivity index is 3.60. The van der Waals surface area contributed by atoms with Crippen LogP contribution >= 0.6 is 102 Å².